The van der Waals surface area contributed by atoms with Crippen molar-refractivity contribution < 1.29 is 18.7 Å². The molecule has 1 aliphatic rings. The van der Waals surface area contributed by atoms with Crippen LogP contribution in [0.15, 0.2) is 42.5 Å². The number of amides is 1. The number of nitrogens with zero attached hydrogens (tertiary/aromatic N) is 2. The third-order valence-corrected chi connectivity index (χ3v) is 4.90. The van der Waals surface area contributed by atoms with E-state index in [-0.39, 0.29) is 11.7 Å². The highest BCUT2D eigenvalue weighted by Gasteiger charge is 2.22. The van der Waals surface area contributed by atoms with Crippen molar-refractivity contribution in [2.24, 2.45) is 0 Å². The van der Waals surface area contributed by atoms with Gasteiger partial charge in [0.15, 0.2) is 0 Å². The summed E-state index contributed by atoms with van der Waals surface area (Å²) in [5, 5.41) is 0. The fourth-order valence-electron chi connectivity index (χ4n) is 3.39. The number of carbonyl (C=O) groups excluding carboxylic acids is 1. The molecule has 0 unspecified atom stereocenters. The van der Waals surface area contributed by atoms with Gasteiger partial charge in [0.25, 0.3) is 0 Å². The second-order valence-electron chi connectivity index (χ2n) is 6.60. The van der Waals surface area contributed by atoms with Gasteiger partial charge < -0.3 is 14.4 Å². The molecule has 1 saturated heterocycles. The molecule has 0 saturated carbocycles. The second-order valence-corrected chi connectivity index (χ2v) is 6.60. The van der Waals surface area contributed by atoms with E-state index in [1.807, 2.05) is 29.2 Å². The van der Waals surface area contributed by atoms with Crippen LogP contribution in [0.3, 0.4) is 0 Å². The summed E-state index contributed by atoms with van der Waals surface area (Å²) in [6.07, 6.45) is 0.335. The molecule has 1 heterocycles. The van der Waals surface area contributed by atoms with Crippen LogP contribution >= 0.6 is 0 Å². The molecule has 0 radical (unpaired) electrons. The van der Waals surface area contributed by atoms with Gasteiger partial charge >= 0.3 is 0 Å². The van der Waals surface area contributed by atoms with Gasteiger partial charge in [-0.25, -0.2) is 4.39 Å². The number of hydrogen-bond acceptors (Lipinski definition) is 4. The average Bonchev–Trinajstić information content (AvgIpc) is 2.69. The minimum absolute atomic E-state index is 0.0995. The first-order valence-corrected chi connectivity index (χ1v) is 9.05. The van der Waals surface area contributed by atoms with Gasteiger partial charge in [0, 0.05) is 43.9 Å². The SMILES string of the molecule is COc1ccccc1CC(=O)N1CCN(Cc2cc(F)ccc2OC)CC1. The molecule has 0 atom stereocenters. The van der Waals surface area contributed by atoms with Gasteiger partial charge in [0.05, 0.1) is 20.6 Å². The standard InChI is InChI=1S/C21H25FN2O3/c1-26-19-6-4-3-5-16(19)14-21(25)24-11-9-23(10-12-24)15-17-13-18(22)7-8-20(17)27-2/h3-8,13H,9-12,14-15H2,1-2H3. The number of rotatable bonds is 6. The fraction of sp³-hybridized carbons (Fsp3) is 0.381. The minimum Gasteiger partial charge on any atom is -0.496 e. The quantitative estimate of drug-likeness (QED) is 0.782. The molecule has 2 aromatic rings. The number of benzene rings is 2. The van der Waals surface area contributed by atoms with Crippen molar-refractivity contribution in [3.63, 3.8) is 0 Å². The first kappa shape index (κ1) is 19.2. The monoisotopic (exact) mass is 372 g/mol. The Labute approximate surface area is 159 Å². The molecule has 0 N–H and O–H groups in total. The van der Waals surface area contributed by atoms with E-state index in [1.54, 1.807) is 20.3 Å². The molecule has 5 nitrogen and oxygen atoms in total. The summed E-state index contributed by atoms with van der Waals surface area (Å²) in [6.45, 7) is 3.42. The van der Waals surface area contributed by atoms with Crippen molar-refractivity contribution in [1.82, 2.24) is 9.80 Å². The van der Waals surface area contributed by atoms with Crippen LogP contribution in [0, 0.1) is 5.82 Å². The van der Waals surface area contributed by atoms with Crippen molar-refractivity contribution in [1.29, 1.82) is 0 Å². The van der Waals surface area contributed by atoms with E-state index in [2.05, 4.69) is 4.90 Å². The van der Waals surface area contributed by atoms with E-state index >= 15 is 0 Å². The number of hydrogen-bond donors (Lipinski definition) is 0. The summed E-state index contributed by atoms with van der Waals surface area (Å²) < 4.78 is 24.2. The van der Waals surface area contributed by atoms with Gasteiger partial charge in [-0.05, 0) is 24.3 Å². The molecule has 0 aromatic heterocycles. The Hall–Kier alpha value is -2.60. The average molecular weight is 372 g/mol. The van der Waals surface area contributed by atoms with Crippen molar-refractivity contribution in [3.05, 3.63) is 59.4 Å². The number of piperazine rings is 1. The highest BCUT2D eigenvalue weighted by molar-refractivity contribution is 5.79. The lowest BCUT2D eigenvalue weighted by molar-refractivity contribution is -0.132. The van der Waals surface area contributed by atoms with E-state index in [0.717, 1.165) is 30.0 Å². The first-order valence-electron chi connectivity index (χ1n) is 9.05. The lowest BCUT2D eigenvalue weighted by Crippen LogP contribution is -2.48. The van der Waals surface area contributed by atoms with Crippen molar-refractivity contribution in [3.8, 4) is 11.5 Å². The molecule has 0 spiro atoms. The summed E-state index contributed by atoms with van der Waals surface area (Å²) in [7, 11) is 3.20. The molecular formula is C21H25FN2O3. The highest BCUT2D eigenvalue weighted by Crippen LogP contribution is 2.22. The Balaban J connectivity index is 1.56. The summed E-state index contributed by atoms with van der Waals surface area (Å²) in [5.74, 6) is 1.26. The van der Waals surface area contributed by atoms with Crippen molar-refractivity contribution in [2.45, 2.75) is 13.0 Å². The molecular weight excluding hydrogens is 347 g/mol. The van der Waals surface area contributed by atoms with Crippen LogP contribution in [0.5, 0.6) is 11.5 Å². The van der Waals surface area contributed by atoms with E-state index in [4.69, 9.17) is 9.47 Å². The molecule has 1 amide bonds. The van der Waals surface area contributed by atoms with Crippen molar-refractivity contribution in [2.75, 3.05) is 40.4 Å². The molecule has 1 fully saturated rings. The number of para-hydroxylation sites is 1. The molecule has 1 aliphatic heterocycles. The predicted octanol–water partition coefficient (Wildman–Crippen LogP) is 2.73. The third-order valence-electron chi connectivity index (χ3n) is 4.90. The summed E-state index contributed by atoms with van der Waals surface area (Å²) in [6, 6.07) is 12.2. The Morgan fingerprint density at radius 1 is 0.963 bits per heavy atom. The van der Waals surface area contributed by atoms with E-state index in [0.29, 0.717) is 31.8 Å². The molecule has 0 bridgehead atoms. The largest absolute Gasteiger partial charge is 0.496 e. The van der Waals surface area contributed by atoms with Gasteiger partial charge in [-0.1, -0.05) is 18.2 Å². The van der Waals surface area contributed by atoms with Gasteiger partial charge in [-0.2, -0.15) is 0 Å². The van der Waals surface area contributed by atoms with Crippen LogP contribution in [-0.2, 0) is 17.8 Å². The molecule has 6 heteroatoms. The summed E-state index contributed by atoms with van der Waals surface area (Å²) >= 11 is 0. The van der Waals surface area contributed by atoms with Gasteiger partial charge in [0.1, 0.15) is 17.3 Å². The van der Waals surface area contributed by atoms with E-state index < -0.39 is 0 Å². The number of carbonyl (C=O) groups is 1. The molecule has 144 valence electrons. The number of ether oxygens (including phenoxy) is 2. The van der Waals surface area contributed by atoms with Gasteiger partial charge in [-0.15, -0.1) is 0 Å². The minimum atomic E-state index is -0.267. The van der Waals surface area contributed by atoms with Crippen LogP contribution in [-0.4, -0.2) is 56.1 Å². The van der Waals surface area contributed by atoms with E-state index in [1.165, 1.54) is 12.1 Å². The maximum Gasteiger partial charge on any atom is 0.227 e. The Morgan fingerprint density at radius 3 is 2.33 bits per heavy atom. The maximum atomic E-state index is 13.5. The summed E-state index contributed by atoms with van der Waals surface area (Å²) in [5.41, 5.74) is 1.73. The first-order chi connectivity index (χ1) is 13.1. The van der Waals surface area contributed by atoms with Gasteiger partial charge in [0.2, 0.25) is 5.91 Å². The predicted molar refractivity (Wildman–Crippen MR) is 102 cm³/mol. The zero-order valence-electron chi connectivity index (χ0n) is 15.8. The number of halogens is 1. The summed E-state index contributed by atoms with van der Waals surface area (Å²) in [4.78, 5) is 16.7. The maximum absolute atomic E-state index is 13.5. The third kappa shape index (κ3) is 4.77. The lowest BCUT2D eigenvalue weighted by atomic mass is 10.1. The molecule has 3 rings (SSSR count). The second kappa shape index (κ2) is 8.86. The van der Waals surface area contributed by atoms with Crippen LogP contribution in [0.4, 0.5) is 4.39 Å². The lowest BCUT2D eigenvalue weighted by Gasteiger charge is -2.35. The van der Waals surface area contributed by atoms with E-state index in [9.17, 15) is 9.18 Å². The number of methoxy groups -OCH3 is 2. The molecule has 27 heavy (non-hydrogen) atoms. The fourth-order valence-corrected chi connectivity index (χ4v) is 3.39. The normalized spacial score (nSPS) is 14.9. The zero-order valence-corrected chi connectivity index (χ0v) is 15.8. The Kier molecular flexibility index (Phi) is 6.29. The zero-order chi connectivity index (χ0) is 19.2. The molecule has 2 aromatic carbocycles. The topological polar surface area (TPSA) is 42.0 Å². The Morgan fingerprint density at radius 2 is 1.63 bits per heavy atom. The van der Waals surface area contributed by atoms with Crippen LogP contribution in [0.2, 0.25) is 0 Å². The molecule has 0 aliphatic carbocycles. The van der Waals surface area contributed by atoms with Crippen LogP contribution in [0.25, 0.3) is 0 Å². The van der Waals surface area contributed by atoms with Crippen molar-refractivity contribution >= 4 is 5.91 Å². The van der Waals surface area contributed by atoms with Crippen LogP contribution < -0.4 is 9.47 Å². The van der Waals surface area contributed by atoms with Crippen LogP contribution in [0.1, 0.15) is 11.1 Å². The Bertz CT molecular complexity index is 789. The highest BCUT2D eigenvalue weighted by atomic mass is 19.1. The van der Waals surface area contributed by atoms with Gasteiger partial charge in [-0.3, -0.25) is 9.69 Å². The smallest absolute Gasteiger partial charge is 0.227 e.